The molecule has 0 aromatic heterocycles. The van der Waals surface area contributed by atoms with E-state index in [1.54, 1.807) is 0 Å². The van der Waals surface area contributed by atoms with Gasteiger partial charge in [-0.05, 0) is 20.8 Å². The Bertz CT molecular complexity index is 120. The highest BCUT2D eigenvalue weighted by atomic mass is 15.4. The smallest absolute Gasteiger partial charge is 0.0863 e. The van der Waals surface area contributed by atoms with Crippen LogP contribution in [0.15, 0.2) is 0 Å². The van der Waals surface area contributed by atoms with Crippen molar-refractivity contribution in [1.82, 2.24) is 0 Å². The van der Waals surface area contributed by atoms with Crippen LogP contribution in [0.2, 0.25) is 0 Å². The van der Waals surface area contributed by atoms with E-state index >= 15 is 0 Å². The molecule has 1 aliphatic heterocycles. The molecule has 1 heterocycles. The monoisotopic (exact) mass is 142 g/mol. The van der Waals surface area contributed by atoms with E-state index in [2.05, 4.69) is 27.8 Å². The average Bonchev–Trinajstić information content (AvgIpc) is 2.15. The third-order valence-corrected chi connectivity index (χ3v) is 3.45. The van der Waals surface area contributed by atoms with Crippen molar-refractivity contribution in [3.63, 3.8) is 0 Å². The second-order valence-corrected chi connectivity index (χ2v) is 4.16. The molecule has 0 radical (unpaired) electrons. The highest BCUT2D eigenvalue weighted by Crippen LogP contribution is 2.27. The third-order valence-electron chi connectivity index (χ3n) is 3.45. The van der Waals surface area contributed by atoms with Crippen molar-refractivity contribution in [3.05, 3.63) is 0 Å². The van der Waals surface area contributed by atoms with Crippen LogP contribution in [0, 0.1) is 0 Å². The minimum atomic E-state index is 0.803. The van der Waals surface area contributed by atoms with E-state index in [0.29, 0.717) is 0 Å². The Labute approximate surface area is 64.6 Å². The molecule has 1 rings (SSSR count). The summed E-state index contributed by atoms with van der Waals surface area (Å²) in [4.78, 5) is 0. The molecule has 0 bridgehead atoms. The molecule has 1 nitrogen and oxygen atoms in total. The summed E-state index contributed by atoms with van der Waals surface area (Å²) in [7, 11) is 2.39. The van der Waals surface area contributed by atoms with Crippen molar-refractivity contribution in [3.8, 4) is 0 Å². The van der Waals surface area contributed by atoms with Crippen molar-refractivity contribution in [2.75, 3.05) is 13.6 Å². The van der Waals surface area contributed by atoms with Crippen molar-refractivity contribution in [1.29, 1.82) is 0 Å². The van der Waals surface area contributed by atoms with Crippen LogP contribution in [0.3, 0.4) is 0 Å². The molecule has 2 atom stereocenters. The molecule has 10 heavy (non-hydrogen) atoms. The average molecular weight is 142 g/mol. The molecule has 0 aliphatic carbocycles. The van der Waals surface area contributed by atoms with Crippen molar-refractivity contribution < 1.29 is 4.48 Å². The molecule has 0 saturated carbocycles. The summed E-state index contributed by atoms with van der Waals surface area (Å²) < 4.78 is 1.29. The Hall–Kier alpha value is -0.0400. The Morgan fingerprint density at radius 3 is 2.20 bits per heavy atom. The van der Waals surface area contributed by atoms with E-state index in [0.717, 1.165) is 12.1 Å². The van der Waals surface area contributed by atoms with Gasteiger partial charge in [-0.15, -0.1) is 0 Å². The first kappa shape index (κ1) is 8.06. The van der Waals surface area contributed by atoms with E-state index in [1.807, 2.05) is 0 Å². The molecular formula is C9H20N+. The molecule has 0 amide bonds. The van der Waals surface area contributed by atoms with Gasteiger partial charge in [-0.3, -0.25) is 0 Å². The Morgan fingerprint density at radius 1 is 1.40 bits per heavy atom. The standard InChI is InChI=1S/C9H20N/c1-8(2)10(4)7-5-6-9(10)3/h8-9H,5-7H2,1-4H3/q+1. The first-order valence-corrected chi connectivity index (χ1v) is 4.42. The summed E-state index contributed by atoms with van der Waals surface area (Å²) in [5.74, 6) is 0. The fraction of sp³-hybridized carbons (Fsp3) is 1.00. The zero-order chi connectivity index (χ0) is 7.78. The lowest BCUT2D eigenvalue weighted by atomic mass is 10.2. The zero-order valence-electron chi connectivity index (χ0n) is 7.72. The van der Waals surface area contributed by atoms with E-state index in [-0.39, 0.29) is 0 Å². The number of rotatable bonds is 1. The lowest BCUT2D eigenvalue weighted by Gasteiger charge is -2.38. The number of hydrogen-bond donors (Lipinski definition) is 0. The normalized spacial score (nSPS) is 41.1. The predicted octanol–water partition coefficient (Wildman–Crippen LogP) is 2.02. The van der Waals surface area contributed by atoms with Crippen LogP contribution >= 0.6 is 0 Å². The number of hydrogen-bond acceptors (Lipinski definition) is 0. The van der Waals surface area contributed by atoms with Gasteiger partial charge in [0.05, 0.1) is 25.7 Å². The summed E-state index contributed by atoms with van der Waals surface area (Å²) in [5, 5.41) is 0. The van der Waals surface area contributed by atoms with Crippen molar-refractivity contribution in [2.45, 2.75) is 45.7 Å². The summed E-state index contributed by atoms with van der Waals surface area (Å²) in [6.07, 6.45) is 2.85. The van der Waals surface area contributed by atoms with Gasteiger partial charge in [0, 0.05) is 12.8 Å². The van der Waals surface area contributed by atoms with Crippen LogP contribution in [0.25, 0.3) is 0 Å². The fourth-order valence-electron chi connectivity index (χ4n) is 2.01. The second kappa shape index (κ2) is 2.54. The molecule has 0 aromatic rings. The van der Waals surface area contributed by atoms with Gasteiger partial charge in [-0.2, -0.15) is 0 Å². The van der Waals surface area contributed by atoms with E-state index < -0.39 is 0 Å². The van der Waals surface area contributed by atoms with Gasteiger partial charge in [0.1, 0.15) is 0 Å². The number of nitrogens with zero attached hydrogens (tertiary/aromatic N) is 1. The quantitative estimate of drug-likeness (QED) is 0.491. The molecule has 1 fully saturated rings. The first-order chi connectivity index (χ1) is 4.57. The Balaban J connectivity index is 2.66. The maximum atomic E-state index is 2.39. The minimum Gasteiger partial charge on any atom is -0.322 e. The molecule has 0 spiro atoms. The van der Waals surface area contributed by atoms with Gasteiger partial charge in [0.25, 0.3) is 0 Å². The predicted molar refractivity (Wildman–Crippen MR) is 44.9 cm³/mol. The molecule has 1 heteroatoms. The zero-order valence-corrected chi connectivity index (χ0v) is 7.72. The number of quaternary nitrogens is 1. The third kappa shape index (κ3) is 1.07. The molecule has 60 valence electrons. The minimum absolute atomic E-state index is 0.803. The molecule has 0 aromatic carbocycles. The summed E-state index contributed by atoms with van der Waals surface area (Å²) >= 11 is 0. The lowest BCUT2D eigenvalue weighted by Crippen LogP contribution is -2.51. The maximum absolute atomic E-state index is 2.39. The lowest BCUT2D eigenvalue weighted by molar-refractivity contribution is -0.939. The van der Waals surface area contributed by atoms with Crippen LogP contribution in [-0.4, -0.2) is 30.2 Å². The van der Waals surface area contributed by atoms with Crippen LogP contribution in [0.1, 0.15) is 33.6 Å². The van der Waals surface area contributed by atoms with Crippen molar-refractivity contribution >= 4 is 0 Å². The molecule has 0 N–H and O–H groups in total. The first-order valence-electron chi connectivity index (χ1n) is 4.42. The van der Waals surface area contributed by atoms with Crippen LogP contribution in [-0.2, 0) is 0 Å². The van der Waals surface area contributed by atoms with Gasteiger partial charge >= 0.3 is 0 Å². The van der Waals surface area contributed by atoms with Gasteiger partial charge in [-0.1, -0.05) is 0 Å². The molecular weight excluding hydrogens is 122 g/mol. The second-order valence-electron chi connectivity index (χ2n) is 4.16. The van der Waals surface area contributed by atoms with E-state index in [4.69, 9.17) is 0 Å². The summed E-state index contributed by atoms with van der Waals surface area (Å²) in [6, 6.07) is 1.69. The van der Waals surface area contributed by atoms with Crippen LogP contribution in [0.4, 0.5) is 0 Å². The molecule has 1 saturated heterocycles. The molecule has 2 unspecified atom stereocenters. The summed E-state index contributed by atoms with van der Waals surface area (Å²) in [6.45, 7) is 8.44. The Morgan fingerprint density at radius 2 is 2.00 bits per heavy atom. The van der Waals surface area contributed by atoms with E-state index in [9.17, 15) is 0 Å². The van der Waals surface area contributed by atoms with Gasteiger partial charge in [0.2, 0.25) is 0 Å². The van der Waals surface area contributed by atoms with Crippen molar-refractivity contribution in [2.24, 2.45) is 0 Å². The topological polar surface area (TPSA) is 0 Å². The highest BCUT2D eigenvalue weighted by Gasteiger charge is 2.36. The van der Waals surface area contributed by atoms with Gasteiger partial charge in [-0.25, -0.2) is 0 Å². The van der Waals surface area contributed by atoms with Gasteiger partial charge in [0.15, 0.2) is 0 Å². The molecule has 1 aliphatic rings. The maximum Gasteiger partial charge on any atom is 0.0863 e. The van der Waals surface area contributed by atoms with Crippen LogP contribution < -0.4 is 0 Å². The van der Waals surface area contributed by atoms with E-state index in [1.165, 1.54) is 23.9 Å². The summed E-state index contributed by atoms with van der Waals surface area (Å²) in [5.41, 5.74) is 0. The fourth-order valence-corrected chi connectivity index (χ4v) is 2.01. The van der Waals surface area contributed by atoms with Gasteiger partial charge < -0.3 is 4.48 Å². The van der Waals surface area contributed by atoms with Crippen LogP contribution in [0.5, 0.6) is 0 Å². The largest absolute Gasteiger partial charge is 0.322 e. The highest BCUT2D eigenvalue weighted by molar-refractivity contribution is 4.63. The SMILES string of the molecule is CC(C)[N+]1(C)CCCC1C. The Kier molecular flexibility index (Phi) is 2.04. The number of likely N-dealkylation sites (tertiary alicyclic amines) is 1.